The van der Waals surface area contributed by atoms with Crippen molar-refractivity contribution in [1.29, 1.82) is 0 Å². The molecule has 0 radical (unpaired) electrons. The largest absolute Gasteiger partial charge is 0.341 e. The van der Waals surface area contributed by atoms with E-state index < -0.39 is 0 Å². The molecule has 2 aromatic rings. The second kappa shape index (κ2) is 4.69. The van der Waals surface area contributed by atoms with Crippen LogP contribution in [-0.4, -0.2) is 9.97 Å². The van der Waals surface area contributed by atoms with Gasteiger partial charge in [-0.1, -0.05) is 0 Å². The van der Waals surface area contributed by atoms with Gasteiger partial charge in [-0.05, 0) is 40.6 Å². The third-order valence-corrected chi connectivity index (χ3v) is 3.60. The van der Waals surface area contributed by atoms with Crippen molar-refractivity contribution in [3.8, 4) is 11.4 Å². The van der Waals surface area contributed by atoms with E-state index in [1.807, 2.05) is 28.2 Å². The molecule has 0 spiro atoms. The van der Waals surface area contributed by atoms with Crippen LogP contribution in [-0.2, 0) is 0 Å². The van der Waals surface area contributed by atoms with Gasteiger partial charge < -0.3 is 0 Å². The smallest absolute Gasteiger partial charge is 0.261 e. The molecule has 15 heavy (non-hydrogen) atoms. The Bertz CT molecular complexity index is 500. The highest BCUT2D eigenvalue weighted by Crippen LogP contribution is 2.20. The highest BCUT2D eigenvalue weighted by Gasteiger charge is 2.16. The number of rotatable bonds is 1. The van der Waals surface area contributed by atoms with E-state index in [2.05, 4.69) is 61.5 Å². The molecular weight excluding hydrogens is 416 g/mol. The lowest BCUT2D eigenvalue weighted by molar-refractivity contribution is -0.431. The van der Waals surface area contributed by atoms with Gasteiger partial charge in [0.15, 0.2) is 0 Å². The van der Waals surface area contributed by atoms with Crippen LogP contribution in [0.2, 0.25) is 0 Å². The molecule has 2 heterocycles. The molecule has 0 fully saturated rings. The van der Waals surface area contributed by atoms with Crippen molar-refractivity contribution in [2.24, 2.45) is 0 Å². The van der Waals surface area contributed by atoms with E-state index in [1.54, 1.807) is 6.20 Å². The van der Waals surface area contributed by atoms with E-state index in [0.717, 1.165) is 17.1 Å². The highest BCUT2D eigenvalue weighted by atomic mass is 127. The van der Waals surface area contributed by atoms with Gasteiger partial charge in [0.05, 0.1) is 0 Å². The first-order chi connectivity index (χ1) is 7.18. The summed E-state index contributed by atoms with van der Waals surface area (Å²) in [7, 11) is 0. The normalized spacial score (nSPS) is 10.3. The molecule has 0 aliphatic heterocycles. The Morgan fingerprint density at radius 2 is 2.13 bits per heavy atom. The molecule has 76 valence electrons. The van der Waals surface area contributed by atoms with E-state index in [0.29, 0.717) is 0 Å². The van der Waals surface area contributed by atoms with Crippen molar-refractivity contribution in [1.82, 2.24) is 9.97 Å². The van der Waals surface area contributed by atoms with E-state index in [1.165, 1.54) is 3.57 Å². The molecule has 3 nitrogen and oxygen atoms in total. The van der Waals surface area contributed by atoms with Crippen molar-refractivity contribution >= 4 is 45.5 Å². The van der Waals surface area contributed by atoms with Crippen molar-refractivity contribution in [3.63, 3.8) is 0 Å². The fourth-order valence-electron chi connectivity index (χ4n) is 1.23. The van der Waals surface area contributed by atoms with Crippen LogP contribution >= 0.6 is 45.5 Å². The molecule has 2 aromatic heterocycles. The summed E-state index contributed by atoms with van der Waals surface area (Å²) in [5, 5.41) is 0. The molecule has 0 aliphatic carbocycles. The molecule has 0 saturated heterocycles. The molecule has 0 N–H and O–H groups in total. The minimum atomic E-state index is 0.926. The number of hydrogen-bond acceptors (Lipinski definition) is 2. The Kier molecular flexibility index (Phi) is 3.49. The van der Waals surface area contributed by atoms with Crippen LogP contribution < -0.4 is 2.78 Å². The van der Waals surface area contributed by atoms with Crippen LogP contribution in [0.15, 0.2) is 30.7 Å². The third-order valence-electron chi connectivity index (χ3n) is 1.93. The van der Waals surface area contributed by atoms with Crippen LogP contribution in [0.4, 0.5) is 0 Å². The molecular formula is C10H8I2N3+. The fraction of sp³-hybridized carbons (Fsp3) is 0.100. The Hall–Kier alpha value is -0.310. The number of aryl methyl sites for hydroxylation is 1. The summed E-state index contributed by atoms with van der Waals surface area (Å²) in [4.78, 5) is 8.65. The Balaban J connectivity index is 2.60. The topological polar surface area (TPSA) is 29.7 Å². The molecule has 0 unspecified atom stereocenters. The third kappa shape index (κ3) is 2.44. The summed E-state index contributed by atoms with van der Waals surface area (Å²) < 4.78 is 3.14. The monoisotopic (exact) mass is 424 g/mol. The minimum absolute atomic E-state index is 0.926. The Morgan fingerprint density at radius 3 is 2.80 bits per heavy atom. The fourth-order valence-corrected chi connectivity index (χ4v) is 2.63. The quantitative estimate of drug-likeness (QED) is 0.660. The van der Waals surface area contributed by atoms with Gasteiger partial charge in [-0.25, -0.2) is 0 Å². The predicted molar refractivity (Wildman–Crippen MR) is 74.5 cm³/mol. The molecule has 0 atom stereocenters. The van der Waals surface area contributed by atoms with E-state index >= 15 is 0 Å². The number of hydrogen-bond donors (Lipinski definition) is 0. The summed E-state index contributed by atoms with van der Waals surface area (Å²) in [6, 6.07) is 3.96. The van der Waals surface area contributed by atoms with Gasteiger partial charge in [0.25, 0.3) is 0 Å². The molecule has 0 saturated carbocycles. The maximum absolute atomic E-state index is 4.35. The van der Waals surface area contributed by atoms with E-state index in [-0.39, 0.29) is 0 Å². The van der Waals surface area contributed by atoms with Crippen molar-refractivity contribution in [3.05, 3.63) is 40.0 Å². The standard InChI is InChI=1S/C10H8I2N3/c1-7-5-9(11)8(6-14-7)10-13-3-2-4-15(10)12/h2-6H,1H3/q+1. The molecule has 0 bridgehead atoms. The molecule has 0 amide bonds. The number of aromatic nitrogens is 3. The van der Waals surface area contributed by atoms with Gasteiger partial charge in [0, 0.05) is 21.5 Å². The second-order valence-corrected chi connectivity index (χ2v) is 5.26. The van der Waals surface area contributed by atoms with Gasteiger partial charge in [0.1, 0.15) is 18.0 Å². The summed E-state index contributed by atoms with van der Waals surface area (Å²) in [5.74, 6) is 0.926. The summed E-state index contributed by atoms with van der Waals surface area (Å²) >= 11 is 4.52. The van der Waals surface area contributed by atoms with Crippen LogP contribution in [0.25, 0.3) is 11.4 Å². The molecule has 0 aromatic carbocycles. The predicted octanol–water partition coefficient (Wildman–Crippen LogP) is 2.54. The maximum Gasteiger partial charge on any atom is 0.341 e. The van der Waals surface area contributed by atoms with Crippen molar-refractivity contribution < 1.29 is 2.78 Å². The van der Waals surface area contributed by atoms with Gasteiger partial charge in [-0.2, -0.15) is 2.78 Å². The summed E-state index contributed by atoms with van der Waals surface area (Å²) in [6.07, 6.45) is 5.63. The van der Waals surface area contributed by atoms with Crippen LogP contribution in [0.3, 0.4) is 0 Å². The molecule has 0 aliphatic rings. The first kappa shape index (κ1) is 11.2. The molecule has 2 rings (SSSR count). The van der Waals surface area contributed by atoms with Crippen LogP contribution in [0.1, 0.15) is 5.69 Å². The van der Waals surface area contributed by atoms with Gasteiger partial charge in [-0.15, -0.1) is 0 Å². The summed E-state index contributed by atoms with van der Waals surface area (Å²) in [6.45, 7) is 1.99. The Labute approximate surface area is 116 Å². The number of halogens is 2. The lowest BCUT2D eigenvalue weighted by Crippen LogP contribution is -2.23. The van der Waals surface area contributed by atoms with Gasteiger partial charge >= 0.3 is 5.82 Å². The van der Waals surface area contributed by atoms with Crippen LogP contribution in [0.5, 0.6) is 0 Å². The first-order valence-electron chi connectivity index (χ1n) is 4.34. The minimum Gasteiger partial charge on any atom is -0.261 e. The van der Waals surface area contributed by atoms with Gasteiger partial charge in [0.2, 0.25) is 22.9 Å². The lowest BCUT2D eigenvalue weighted by atomic mass is 10.2. The zero-order valence-corrected chi connectivity index (χ0v) is 12.3. The number of nitrogens with zero attached hydrogens (tertiary/aromatic N) is 3. The first-order valence-corrected chi connectivity index (χ1v) is 6.38. The Morgan fingerprint density at radius 1 is 1.33 bits per heavy atom. The maximum atomic E-state index is 4.35. The van der Waals surface area contributed by atoms with E-state index in [9.17, 15) is 0 Å². The molecule has 5 heteroatoms. The zero-order chi connectivity index (χ0) is 10.8. The van der Waals surface area contributed by atoms with Gasteiger partial charge in [-0.3, -0.25) is 4.98 Å². The number of pyridine rings is 1. The SMILES string of the molecule is Cc1cc(I)c(-c2nccc[n+]2I)cn1. The average molecular weight is 424 g/mol. The highest BCUT2D eigenvalue weighted by molar-refractivity contribution is 14.1. The second-order valence-electron chi connectivity index (χ2n) is 3.06. The van der Waals surface area contributed by atoms with Crippen molar-refractivity contribution in [2.75, 3.05) is 0 Å². The average Bonchev–Trinajstić information content (AvgIpc) is 2.20. The van der Waals surface area contributed by atoms with Crippen molar-refractivity contribution in [2.45, 2.75) is 6.92 Å². The zero-order valence-electron chi connectivity index (χ0n) is 7.98. The van der Waals surface area contributed by atoms with E-state index in [4.69, 9.17) is 0 Å². The summed E-state index contributed by atoms with van der Waals surface area (Å²) in [5.41, 5.74) is 2.09. The van der Waals surface area contributed by atoms with Crippen LogP contribution in [0, 0.1) is 10.5 Å². The lowest BCUT2D eigenvalue weighted by Gasteiger charge is -2.00.